The van der Waals surface area contributed by atoms with E-state index in [1.807, 2.05) is 4.90 Å². The van der Waals surface area contributed by atoms with E-state index in [-0.39, 0.29) is 5.84 Å². The predicted molar refractivity (Wildman–Crippen MR) is 69.2 cm³/mol. The van der Waals surface area contributed by atoms with Gasteiger partial charge < -0.3 is 20.6 Å². The van der Waals surface area contributed by atoms with Crippen molar-refractivity contribution in [3.8, 4) is 0 Å². The van der Waals surface area contributed by atoms with Gasteiger partial charge in [-0.1, -0.05) is 16.8 Å². The van der Waals surface area contributed by atoms with E-state index in [1.54, 1.807) is 7.11 Å². The summed E-state index contributed by atoms with van der Waals surface area (Å²) in [6.07, 6.45) is 3.45. The summed E-state index contributed by atoms with van der Waals surface area (Å²) in [4.78, 5) is 10.1. The van der Waals surface area contributed by atoms with Crippen LogP contribution in [0, 0.1) is 0 Å². The fraction of sp³-hybridized carbons (Fsp3) is 0.500. The number of nitrogens with zero attached hydrogens (tertiary/aromatic N) is 4. The van der Waals surface area contributed by atoms with Crippen molar-refractivity contribution in [2.75, 3.05) is 31.7 Å². The lowest BCUT2D eigenvalue weighted by atomic mass is 10.3. The van der Waals surface area contributed by atoms with Gasteiger partial charge in [0.1, 0.15) is 5.84 Å². The highest BCUT2D eigenvalue weighted by Crippen LogP contribution is 2.10. The quantitative estimate of drug-likeness (QED) is 0.329. The van der Waals surface area contributed by atoms with Crippen LogP contribution in [0.1, 0.15) is 6.42 Å². The molecule has 0 saturated carbocycles. The van der Waals surface area contributed by atoms with Crippen LogP contribution in [0.3, 0.4) is 0 Å². The lowest BCUT2D eigenvalue weighted by Crippen LogP contribution is -2.32. The van der Waals surface area contributed by atoms with Crippen molar-refractivity contribution in [3.63, 3.8) is 0 Å². The summed E-state index contributed by atoms with van der Waals surface area (Å²) in [5, 5.41) is 11.9. The molecular weight excluding hydrogens is 258 g/mol. The smallest absolute Gasteiger partial charge is 0.225 e. The SMILES string of the molecule is COCCN(CCC(N)=NO)c1ncc(Cl)cn1. The van der Waals surface area contributed by atoms with Crippen molar-refractivity contribution in [3.05, 3.63) is 17.4 Å². The van der Waals surface area contributed by atoms with Crippen molar-refractivity contribution < 1.29 is 9.94 Å². The molecule has 0 unspecified atom stereocenters. The summed E-state index contributed by atoms with van der Waals surface area (Å²) in [6.45, 7) is 1.67. The molecule has 1 aromatic rings. The lowest BCUT2D eigenvalue weighted by Gasteiger charge is -2.21. The largest absolute Gasteiger partial charge is 0.409 e. The zero-order valence-corrected chi connectivity index (χ0v) is 10.8. The maximum absolute atomic E-state index is 8.50. The standard InChI is InChI=1S/C10H16ClN5O2/c1-18-5-4-16(3-2-9(12)15-17)10-13-6-8(11)7-14-10/h6-7,17H,2-5H2,1H3,(H2,12,15). The van der Waals surface area contributed by atoms with Gasteiger partial charge in [0, 0.05) is 26.6 Å². The molecule has 0 aliphatic heterocycles. The van der Waals surface area contributed by atoms with Crippen molar-refractivity contribution in [1.29, 1.82) is 0 Å². The molecule has 3 N–H and O–H groups in total. The minimum Gasteiger partial charge on any atom is -0.409 e. The van der Waals surface area contributed by atoms with Crippen LogP contribution < -0.4 is 10.6 Å². The molecule has 0 atom stereocenters. The van der Waals surface area contributed by atoms with Crippen LogP contribution in [-0.4, -0.2) is 47.8 Å². The zero-order chi connectivity index (χ0) is 13.4. The first-order valence-corrected chi connectivity index (χ1v) is 5.73. The van der Waals surface area contributed by atoms with Crippen LogP contribution in [0.5, 0.6) is 0 Å². The number of amidine groups is 1. The van der Waals surface area contributed by atoms with E-state index in [2.05, 4.69) is 15.1 Å². The summed E-state index contributed by atoms with van der Waals surface area (Å²) in [7, 11) is 1.62. The number of aromatic nitrogens is 2. The Bertz CT molecular complexity index is 384. The van der Waals surface area contributed by atoms with Gasteiger partial charge in [-0.2, -0.15) is 0 Å². The predicted octanol–water partition coefficient (Wildman–Crippen LogP) is 0.719. The third-order valence-electron chi connectivity index (χ3n) is 2.22. The first kappa shape index (κ1) is 14.5. The maximum Gasteiger partial charge on any atom is 0.225 e. The highest BCUT2D eigenvalue weighted by atomic mass is 35.5. The molecule has 0 aliphatic rings. The molecule has 0 saturated heterocycles. The minimum atomic E-state index is 0.159. The van der Waals surface area contributed by atoms with Gasteiger partial charge in [0.25, 0.3) is 0 Å². The Morgan fingerprint density at radius 2 is 2.17 bits per heavy atom. The van der Waals surface area contributed by atoms with E-state index < -0.39 is 0 Å². The molecule has 0 aromatic carbocycles. The Balaban J connectivity index is 2.67. The number of ether oxygens (including phenoxy) is 1. The fourth-order valence-electron chi connectivity index (χ4n) is 1.28. The first-order chi connectivity index (χ1) is 8.67. The van der Waals surface area contributed by atoms with E-state index >= 15 is 0 Å². The van der Waals surface area contributed by atoms with Gasteiger partial charge in [-0.25, -0.2) is 9.97 Å². The van der Waals surface area contributed by atoms with E-state index in [4.69, 9.17) is 27.3 Å². The molecule has 0 amide bonds. The number of methoxy groups -OCH3 is 1. The molecule has 0 radical (unpaired) electrons. The zero-order valence-electron chi connectivity index (χ0n) is 10.1. The lowest BCUT2D eigenvalue weighted by molar-refractivity contribution is 0.205. The van der Waals surface area contributed by atoms with Crippen LogP contribution >= 0.6 is 11.6 Å². The van der Waals surface area contributed by atoms with Gasteiger partial charge in [0.15, 0.2) is 0 Å². The number of rotatable bonds is 7. The Morgan fingerprint density at radius 1 is 1.50 bits per heavy atom. The monoisotopic (exact) mass is 273 g/mol. The van der Waals surface area contributed by atoms with Gasteiger partial charge >= 0.3 is 0 Å². The van der Waals surface area contributed by atoms with E-state index in [0.29, 0.717) is 37.1 Å². The molecule has 8 heteroatoms. The van der Waals surface area contributed by atoms with Crippen molar-refractivity contribution in [2.24, 2.45) is 10.9 Å². The highest BCUT2D eigenvalue weighted by molar-refractivity contribution is 6.30. The number of anilines is 1. The fourth-order valence-corrected chi connectivity index (χ4v) is 1.38. The maximum atomic E-state index is 8.50. The molecule has 0 fully saturated rings. The average molecular weight is 274 g/mol. The summed E-state index contributed by atoms with van der Waals surface area (Å²) in [5.74, 6) is 0.688. The van der Waals surface area contributed by atoms with Crippen molar-refractivity contribution in [2.45, 2.75) is 6.42 Å². The second kappa shape index (κ2) is 7.67. The van der Waals surface area contributed by atoms with E-state index in [1.165, 1.54) is 12.4 Å². The molecular formula is C10H16ClN5O2. The molecule has 0 aliphatic carbocycles. The second-order valence-electron chi connectivity index (χ2n) is 3.52. The topological polar surface area (TPSA) is 96.9 Å². The Kier molecular flexibility index (Phi) is 6.16. The van der Waals surface area contributed by atoms with E-state index in [9.17, 15) is 0 Å². The molecule has 1 heterocycles. The summed E-state index contributed by atoms with van der Waals surface area (Å²) < 4.78 is 5.02. The molecule has 18 heavy (non-hydrogen) atoms. The van der Waals surface area contributed by atoms with Crippen LogP contribution in [0.25, 0.3) is 0 Å². The molecule has 1 aromatic heterocycles. The van der Waals surface area contributed by atoms with Crippen LogP contribution in [0.15, 0.2) is 17.5 Å². The number of halogens is 1. The molecule has 0 bridgehead atoms. The summed E-state index contributed by atoms with van der Waals surface area (Å²) in [6, 6.07) is 0. The molecule has 100 valence electrons. The number of hydrogen-bond donors (Lipinski definition) is 2. The van der Waals surface area contributed by atoms with Gasteiger partial charge in [-0.05, 0) is 0 Å². The third-order valence-corrected chi connectivity index (χ3v) is 2.42. The van der Waals surface area contributed by atoms with Crippen molar-refractivity contribution in [1.82, 2.24) is 9.97 Å². The Labute approximate surface area is 110 Å². The van der Waals surface area contributed by atoms with Crippen molar-refractivity contribution >= 4 is 23.4 Å². The molecule has 7 nitrogen and oxygen atoms in total. The second-order valence-corrected chi connectivity index (χ2v) is 3.96. The summed E-state index contributed by atoms with van der Waals surface area (Å²) >= 11 is 5.73. The van der Waals surface area contributed by atoms with Gasteiger partial charge in [0.2, 0.25) is 5.95 Å². The minimum absolute atomic E-state index is 0.159. The number of hydrogen-bond acceptors (Lipinski definition) is 6. The third kappa shape index (κ3) is 4.72. The van der Waals surface area contributed by atoms with Crippen LogP contribution in [-0.2, 0) is 4.74 Å². The van der Waals surface area contributed by atoms with E-state index in [0.717, 1.165) is 0 Å². The van der Waals surface area contributed by atoms with Crippen LogP contribution in [0.4, 0.5) is 5.95 Å². The Morgan fingerprint density at radius 3 is 2.72 bits per heavy atom. The summed E-state index contributed by atoms with van der Waals surface area (Å²) in [5.41, 5.74) is 5.43. The highest BCUT2D eigenvalue weighted by Gasteiger charge is 2.10. The first-order valence-electron chi connectivity index (χ1n) is 5.35. The van der Waals surface area contributed by atoms with Crippen LogP contribution in [0.2, 0.25) is 5.02 Å². The van der Waals surface area contributed by atoms with Gasteiger partial charge in [-0.15, -0.1) is 0 Å². The number of nitrogens with two attached hydrogens (primary N) is 1. The van der Waals surface area contributed by atoms with Gasteiger partial charge in [-0.3, -0.25) is 0 Å². The normalized spacial score (nSPS) is 11.6. The molecule has 0 spiro atoms. The Hall–Kier alpha value is -1.60. The van der Waals surface area contributed by atoms with Gasteiger partial charge in [0.05, 0.1) is 24.0 Å². The average Bonchev–Trinajstić information content (AvgIpc) is 2.40. The number of oxime groups is 1. The molecule has 1 rings (SSSR count).